The largest absolute Gasteiger partial charge is 2.00 e. The van der Waals surface area contributed by atoms with E-state index in [4.69, 9.17) is 25.9 Å². The fraction of sp³-hybridized carbons (Fsp3) is 0.182. The minimum absolute atomic E-state index is 0. The Bertz CT molecular complexity index is 1250. The topological polar surface area (TPSA) is 109 Å². The fourth-order valence-corrected chi connectivity index (χ4v) is 2.14. The van der Waals surface area contributed by atoms with Gasteiger partial charge < -0.3 is 0 Å². The molecule has 2 N–H and O–H groups in total. The van der Waals surface area contributed by atoms with Crippen molar-refractivity contribution in [2.75, 3.05) is 0 Å². The average Bonchev–Trinajstić information content (AvgIpc) is 3.42. The second kappa shape index (κ2) is 17.0. The molecule has 16 heteroatoms. The summed E-state index contributed by atoms with van der Waals surface area (Å²) in [5.41, 5.74) is -11.1. The second-order valence-electron chi connectivity index (χ2n) is 6.73. The zero-order valence-electron chi connectivity index (χ0n) is 19.8. The summed E-state index contributed by atoms with van der Waals surface area (Å²) in [6.07, 6.45) is 0. The van der Waals surface area contributed by atoms with E-state index in [0.717, 1.165) is 9.52 Å². The third kappa shape index (κ3) is 14.9. The molecule has 4 aromatic carbocycles. The van der Waals surface area contributed by atoms with Crippen LogP contribution in [0.3, 0.4) is 0 Å². The van der Waals surface area contributed by atoms with Crippen LogP contribution in [0, 0.1) is 0 Å². The normalized spacial score (nSPS) is 11.2. The number of hydrogen-bond acceptors (Lipinski definition) is 4. The van der Waals surface area contributed by atoms with Crippen molar-refractivity contribution in [3.63, 3.8) is 0 Å². The van der Waals surface area contributed by atoms with Gasteiger partial charge in [-0.15, -0.1) is 59.3 Å². The van der Waals surface area contributed by atoms with Gasteiger partial charge in [-0.25, -0.2) is 0 Å². The van der Waals surface area contributed by atoms with Crippen molar-refractivity contribution in [1.82, 2.24) is 0 Å². The van der Waals surface area contributed by atoms with E-state index in [1.807, 2.05) is 0 Å². The Morgan fingerprint density at radius 3 is 1.08 bits per heavy atom. The number of hydrogen-bond donors (Lipinski definition) is 2. The van der Waals surface area contributed by atoms with Crippen molar-refractivity contribution in [3.8, 4) is 0 Å². The summed E-state index contributed by atoms with van der Waals surface area (Å²) in [6.45, 7) is 4.42. The Labute approximate surface area is 237 Å². The van der Waals surface area contributed by atoms with Crippen LogP contribution in [0.15, 0.2) is 84.9 Å². The van der Waals surface area contributed by atoms with Gasteiger partial charge in [-0.1, -0.05) is 25.2 Å². The van der Waals surface area contributed by atoms with Gasteiger partial charge >= 0.3 is 57.5 Å². The molecule has 0 aromatic heterocycles. The van der Waals surface area contributed by atoms with E-state index in [1.54, 1.807) is 0 Å². The molecule has 0 atom stereocenters. The maximum Gasteiger partial charge on any atom is 2.00 e. The van der Waals surface area contributed by atoms with Crippen LogP contribution in [0.5, 0.6) is 0 Å². The standard InChI is InChI=1S/2C9H7.C2H7Si.2CHF3O3S.Zr/c2*1-2-5-9-7-3-6-8(9)4-1;1-3-2;2*2-1(3,4)8(5,6)7;/h2*1-7H;3H,1-2H3;2*(H,5,6,7);/q2*-1;;;;+2. The van der Waals surface area contributed by atoms with E-state index < -0.39 is 31.3 Å². The minimum atomic E-state index is -5.84. The predicted octanol–water partition coefficient (Wildman–Crippen LogP) is 6.42. The van der Waals surface area contributed by atoms with Crippen LogP contribution in [-0.2, 0) is 46.4 Å². The molecular formula is C22H23F6O6S2SiZr. The molecule has 0 fully saturated rings. The van der Waals surface area contributed by atoms with Gasteiger partial charge in [0.05, 0.1) is 0 Å². The first-order chi connectivity index (χ1) is 16.8. The Morgan fingerprint density at radius 1 is 0.632 bits per heavy atom. The van der Waals surface area contributed by atoms with Crippen molar-refractivity contribution < 1.29 is 78.5 Å². The van der Waals surface area contributed by atoms with Gasteiger partial charge in [-0.3, -0.25) is 9.11 Å². The Balaban J connectivity index is 0. The number of alkyl halides is 6. The monoisotopic (exact) mass is 679 g/mol. The molecule has 0 aliphatic carbocycles. The van der Waals surface area contributed by atoms with Crippen molar-refractivity contribution in [1.29, 1.82) is 0 Å². The van der Waals surface area contributed by atoms with Gasteiger partial charge in [0.15, 0.2) is 0 Å². The molecule has 0 amide bonds. The van der Waals surface area contributed by atoms with E-state index in [0.29, 0.717) is 0 Å². The Kier molecular flexibility index (Phi) is 17.1. The van der Waals surface area contributed by atoms with E-state index in [9.17, 15) is 26.3 Å². The van der Waals surface area contributed by atoms with Crippen molar-refractivity contribution in [2.24, 2.45) is 0 Å². The predicted molar refractivity (Wildman–Crippen MR) is 133 cm³/mol. The van der Waals surface area contributed by atoms with Gasteiger partial charge in [-0.2, -0.15) is 78.2 Å². The smallest absolute Gasteiger partial charge is 0.279 e. The molecule has 0 aliphatic heterocycles. The summed E-state index contributed by atoms with van der Waals surface area (Å²) in [4.78, 5) is 0. The zero-order valence-corrected chi connectivity index (χ0v) is 25.0. The molecule has 0 spiro atoms. The quantitative estimate of drug-likeness (QED) is 0.0730. The third-order valence-electron chi connectivity index (χ3n) is 3.68. The SMILES string of the molecule is C[SiH]C.O=S(=O)(O)C(F)(F)F.O=S(=O)(O)C(F)(F)F.[Zr+2].c1ccc2[cH-]ccc2c1.c1ccc2[cH-]ccc2c1. The summed E-state index contributed by atoms with van der Waals surface area (Å²) in [5, 5.41) is 5.32. The third-order valence-corrected chi connectivity index (χ3v) is 4.85. The molecule has 0 bridgehead atoms. The maximum absolute atomic E-state index is 10.7. The molecule has 0 aliphatic rings. The number of fused-ring (bicyclic) bond motifs is 2. The van der Waals surface area contributed by atoms with Gasteiger partial charge in [-0.05, 0) is 0 Å². The summed E-state index contributed by atoms with van der Waals surface area (Å²) in [6, 6.07) is 29.3. The van der Waals surface area contributed by atoms with Gasteiger partial charge in [0.1, 0.15) is 0 Å². The number of halogens is 6. The Morgan fingerprint density at radius 2 is 0.868 bits per heavy atom. The van der Waals surface area contributed by atoms with Crippen molar-refractivity contribution in [2.45, 2.75) is 24.1 Å². The molecule has 0 unspecified atom stereocenters. The second-order valence-corrected chi connectivity index (χ2v) is 10.7. The van der Waals surface area contributed by atoms with Crippen LogP contribution in [0.25, 0.3) is 21.5 Å². The molecular weight excluding hydrogens is 658 g/mol. The van der Waals surface area contributed by atoms with Crippen LogP contribution >= 0.6 is 0 Å². The number of benzene rings is 2. The fourth-order valence-electron chi connectivity index (χ4n) is 2.14. The molecule has 6 nitrogen and oxygen atoms in total. The number of rotatable bonds is 0. The minimum Gasteiger partial charge on any atom is -0.279 e. The van der Waals surface area contributed by atoms with E-state index in [1.165, 1.54) is 21.5 Å². The van der Waals surface area contributed by atoms with Crippen LogP contribution in [0.1, 0.15) is 0 Å². The van der Waals surface area contributed by atoms with Crippen LogP contribution in [0.4, 0.5) is 26.3 Å². The molecule has 4 aromatic rings. The molecule has 38 heavy (non-hydrogen) atoms. The first-order valence-corrected chi connectivity index (χ1v) is 15.1. The summed E-state index contributed by atoms with van der Waals surface area (Å²) < 4.78 is 115. The first-order valence-electron chi connectivity index (χ1n) is 9.87. The molecule has 1 radical (unpaired) electrons. The zero-order chi connectivity index (χ0) is 28.9. The van der Waals surface area contributed by atoms with Gasteiger partial charge in [0.2, 0.25) is 0 Å². The molecule has 0 heterocycles. The summed E-state index contributed by atoms with van der Waals surface area (Å²) in [5.74, 6) is 0. The molecule has 0 saturated carbocycles. The summed E-state index contributed by atoms with van der Waals surface area (Å²) >= 11 is 0. The maximum atomic E-state index is 10.7. The summed E-state index contributed by atoms with van der Waals surface area (Å²) in [7, 11) is -10.9. The van der Waals surface area contributed by atoms with Crippen molar-refractivity contribution >= 4 is 51.3 Å². The van der Waals surface area contributed by atoms with Gasteiger partial charge in [0, 0.05) is 9.52 Å². The van der Waals surface area contributed by atoms with E-state index >= 15 is 0 Å². The van der Waals surface area contributed by atoms with E-state index in [-0.39, 0.29) is 26.2 Å². The van der Waals surface area contributed by atoms with Crippen LogP contribution in [0.2, 0.25) is 13.1 Å². The van der Waals surface area contributed by atoms with Gasteiger partial charge in [0.25, 0.3) is 0 Å². The van der Waals surface area contributed by atoms with E-state index in [2.05, 4.69) is 98.0 Å². The first kappa shape index (κ1) is 38.3. The van der Waals surface area contributed by atoms with Crippen molar-refractivity contribution in [3.05, 3.63) is 84.9 Å². The molecule has 0 saturated heterocycles. The van der Waals surface area contributed by atoms with Crippen LogP contribution < -0.4 is 0 Å². The average molecular weight is 681 g/mol. The molecule has 209 valence electrons. The van der Waals surface area contributed by atoms with Crippen LogP contribution in [-0.4, -0.2) is 46.5 Å². The Hall–Kier alpha value is -1.84. The molecule has 4 rings (SSSR count).